The fraction of sp³-hybridized carbons (Fsp3) is 0.417. The van der Waals surface area contributed by atoms with Crippen LogP contribution in [0.25, 0.3) is 0 Å². The Morgan fingerprint density at radius 1 is 1.10 bits per heavy atom. The maximum atomic E-state index is 13.0. The summed E-state index contributed by atoms with van der Waals surface area (Å²) in [5.41, 5.74) is 2.79. The first kappa shape index (κ1) is 21.3. The molecule has 2 aliphatic rings. The molecule has 7 heteroatoms. The Kier molecular flexibility index (Phi) is 6.84. The van der Waals surface area contributed by atoms with Crippen LogP contribution in [0.5, 0.6) is 0 Å². The van der Waals surface area contributed by atoms with Gasteiger partial charge in [0.25, 0.3) is 5.91 Å². The number of carbonyl (C=O) groups is 2. The van der Waals surface area contributed by atoms with Crippen LogP contribution >= 0.6 is 0 Å². The van der Waals surface area contributed by atoms with E-state index in [2.05, 4.69) is 34.7 Å². The van der Waals surface area contributed by atoms with Crippen molar-refractivity contribution in [3.8, 4) is 0 Å². The number of likely N-dealkylation sites (N-methyl/N-ethyl adjacent to an activating group) is 1. The largest absolute Gasteiger partial charge is 0.368 e. The molecule has 2 unspecified atom stereocenters. The molecule has 2 aliphatic heterocycles. The molecule has 7 nitrogen and oxygen atoms in total. The number of ether oxygens (including phenoxy) is 1. The van der Waals surface area contributed by atoms with Crippen molar-refractivity contribution in [2.75, 3.05) is 38.6 Å². The van der Waals surface area contributed by atoms with Gasteiger partial charge in [-0.1, -0.05) is 42.5 Å². The normalized spacial score (nSPS) is 21.6. The minimum Gasteiger partial charge on any atom is -0.368 e. The van der Waals surface area contributed by atoms with E-state index in [-0.39, 0.29) is 24.1 Å². The first-order valence-electron chi connectivity index (χ1n) is 10.9. The number of piperazine rings is 1. The van der Waals surface area contributed by atoms with Crippen LogP contribution in [0.1, 0.15) is 30.0 Å². The fourth-order valence-corrected chi connectivity index (χ4v) is 4.17. The highest BCUT2D eigenvalue weighted by molar-refractivity contribution is 5.94. The lowest BCUT2D eigenvalue weighted by Crippen LogP contribution is -2.52. The van der Waals surface area contributed by atoms with Crippen molar-refractivity contribution in [3.05, 3.63) is 65.7 Å². The number of anilines is 1. The van der Waals surface area contributed by atoms with Gasteiger partial charge in [0, 0.05) is 38.5 Å². The zero-order valence-corrected chi connectivity index (χ0v) is 17.9. The SMILES string of the molecule is CN1CCN(C(=O)NCc2cccc(NC(=O)C3CCCO3)c2)C(c2ccccc2)C1. The van der Waals surface area contributed by atoms with E-state index in [1.165, 1.54) is 0 Å². The number of amides is 3. The summed E-state index contributed by atoms with van der Waals surface area (Å²) in [5.74, 6) is -0.109. The van der Waals surface area contributed by atoms with Crippen molar-refractivity contribution in [2.24, 2.45) is 0 Å². The van der Waals surface area contributed by atoms with Crippen molar-refractivity contribution >= 4 is 17.6 Å². The Bertz CT molecular complexity index is 899. The van der Waals surface area contributed by atoms with Gasteiger partial charge in [0.2, 0.25) is 0 Å². The van der Waals surface area contributed by atoms with Crippen LogP contribution in [-0.4, -0.2) is 61.1 Å². The topological polar surface area (TPSA) is 73.9 Å². The highest BCUT2D eigenvalue weighted by atomic mass is 16.5. The van der Waals surface area contributed by atoms with E-state index >= 15 is 0 Å². The van der Waals surface area contributed by atoms with Crippen molar-refractivity contribution in [3.63, 3.8) is 0 Å². The van der Waals surface area contributed by atoms with Gasteiger partial charge in [0.15, 0.2) is 0 Å². The van der Waals surface area contributed by atoms with Crippen LogP contribution in [0, 0.1) is 0 Å². The van der Waals surface area contributed by atoms with Crippen LogP contribution in [0.4, 0.5) is 10.5 Å². The molecule has 2 N–H and O–H groups in total. The van der Waals surface area contributed by atoms with Gasteiger partial charge >= 0.3 is 6.03 Å². The summed E-state index contributed by atoms with van der Waals surface area (Å²) in [4.78, 5) is 29.5. The Labute approximate surface area is 183 Å². The van der Waals surface area contributed by atoms with Crippen molar-refractivity contribution in [2.45, 2.75) is 31.5 Å². The fourth-order valence-electron chi connectivity index (χ4n) is 4.17. The van der Waals surface area contributed by atoms with Gasteiger partial charge in [-0.15, -0.1) is 0 Å². The minimum absolute atomic E-state index is 0.0250. The summed E-state index contributed by atoms with van der Waals surface area (Å²) in [5, 5.41) is 5.97. The lowest BCUT2D eigenvalue weighted by molar-refractivity contribution is -0.124. The molecule has 2 aromatic carbocycles. The van der Waals surface area contributed by atoms with E-state index in [1.807, 2.05) is 47.4 Å². The van der Waals surface area contributed by atoms with E-state index in [1.54, 1.807) is 0 Å². The molecule has 2 heterocycles. The molecule has 4 rings (SSSR count). The maximum absolute atomic E-state index is 13.0. The lowest BCUT2D eigenvalue weighted by atomic mass is 10.0. The van der Waals surface area contributed by atoms with Gasteiger partial charge in [-0.05, 0) is 43.1 Å². The summed E-state index contributed by atoms with van der Waals surface area (Å²) in [6, 6.07) is 17.7. The average Bonchev–Trinajstić information content (AvgIpc) is 3.33. The van der Waals surface area contributed by atoms with Crippen LogP contribution in [0.2, 0.25) is 0 Å². The Morgan fingerprint density at radius 3 is 2.71 bits per heavy atom. The number of nitrogens with one attached hydrogen (secondary N) is 2. The maximum Gasteiger partial charge on any atom is 0.318 e. The van der Waals surface area contributed by atoms with E-state index in [4.69, 9.17) is 4.74 Å². The monoisotopic (exact) mass is 422 g/mol. The number of hydrogen-bond acceptors (Lipinski definition) is 4. The smallest absolute Gasteiger partial charge is 0.318 e. The van der Waals surface area contributed by atoms with Crippen molar-refractivity contribution in [1.82, 2.24) is 15.1 Å². The Morgan fingerprint density at radius 2 is 1.94 bits per heavy atom. The van der Waals surface area contributed by atoms with Gasteiger partial charge in [-0.25, -0.2) is 4.79 Å². The zero-order valence-electron chi connectivity index (χ0n) is 17.9. The highest BCUT2D eigenvalue weighted by Gasteiger charge is 2.30. The molecule has 0 bridgehead atoms. The molecular weight excluding hydrogens is 392 g/mol. The predicted molar refractivity (Wildman–Crippen MR) is 120 cm³/mol. The standard InChI is InChI=1S/C24H30N4O3/c1-27-12-13-28(21(17-27)19-8-3-2-4-9-19)24(30)25-16-18-7-5-10-20(15-18)26-23(29)22-11-6-14-31-22/h2-5,7-10,15,21-22H,6,11-14,16-17H2,1H3,(H,25,30)(H,26,29). The van der Waals surface area contributed by atoms with Crippen LogP contribution in [0.15, 0.2) is 54.6 Å². The van der Waals surface area contributed by atoms with Crippen molar-refractivity contribution in [1.29, 1.82) is 0 Å². The molecule has 2 fully saturated rings. The van der Waals surface area contributed by atoms with Crippen LogP contribution < -0.4 is 10.6 Å². The minimum atomic E-state index is -0.365. The molecule has 164 valence electrons. The van der Waals surface area contributed by atoms with Gasteiger partial charge in [-0.2, -0.15) is 0 Å². The third-order valence-corrected chi connectivity index (χ3v) is 5.89. The molecule has 0 radical (unpaired) electrons. The third kappa shape index (κ3) is 5.42. The van der Waals surface area contributed by atoms with E-state index in [0.717, 1.165) is 37.1 Å². The molecule has 0 spiro atoms. The average molecular weight is 423 g/mol. The predicted octanol–water partition coefficient (Wildman–Crippen LogP) is 3.00. The second-order valence-corrected chi connectivity index (χ2v) is 8.23. The number of rotatable bonds is 5. The lowest BCUT2D eigenvalue weighted by Gasteiger charge is -2.40. The number of hydrogen-bond donors (Lipinski definition) is 2. The molecule has 2 aromatic rings. The zero-order chi connectivity index (χ0) is 21.6. The number of nitrogens with zero attached hydrogens (tertiary/aromatic N) is 2. The summed E-state index contributed by atoms with van der Waals surface area (Å²) < 4.78 is 5.44. The van der Waals surface area contributed by atoms with Crippen LogP contribution in [0.3, 0.4) is 0 Å². The number of urea groups is 1. The quantitative estimate of drug-likeness (QED) is 0.777. The molecule has 3 amide bonds. The second kappa shape index (κ2) is 9.94. The summed E-state index contributed by atoms with van der Waals surface area (Å²) in [7, 11) is 2.08. The van der Waals surface area contributed by atoms with E-state index < -0.39 is 0 Å². The molecular formula is C24H30N4O3. The highest BCUT2D eigenvalue weighted by Crippen LogP contribution is 2.25. The number of carbonyl (C=O) groups excluding carboxylic acids is 2. The summed E-state index contributed by atoms with van der Waals surface area (Å²) in [6.45, 7) is 3.37. The molecule has 0 aliphatic carbocycles. The van der Waals surface area contributed by atoms with Gasteiger partial charge in [0.1, 0.15) is 6.10 Å². The molecule has 0 saturated carbocycles. The Hall–Kier alpha value is -2.90. The first-order chi connectivity index (χ1) is 15.1. The van der Waals surface area contributed by atoms with Gasteiger partial charge in [-0.3, -0.25) is 4.79 Å². The van der Waals surface area contributed by atoms with Crippen molar-refractivity contribution < 1.29 is 14.3 Å². The molecule has 2 saturated heterocycles. The summed E-state index contributed by atoms with van der Waals surface area (Å²) >= 11 is 0. The molecule has 2 atom stereocenters. The first-order valence-corrected chi connectivity index (χ1v) is 10.9. The Balaban J connectivity index is 1.37. The molecule has 31 heavy (non-hydrogen) atoms. The third-order valence-electron chi connectivity index (χ3n) is 5.89. The molecule has 0 aromatic heterocycles. The number of benzene rings is 2. The van der Waals surface area contributed by atoms with E-state index in [9.17, 15) is 9.59 Å². The second-order valence-electron chi connectivity index (χ2n) is 8.23. The van der Waals surface area contributed by atoms with E-state index in [0.29, 0.717) is 25.4 Å². The van der Waals surface area contributed by atoms with Gasteiger partial charge < -0.3 is 25.2 Å². The van der Waals surface area contributed by atoms with Gasteiger partial charge in [0.05, 0.1) is 6.04 Å². The summed E-state index contributed by atoms with van der Waals surface area (Å²) in [6.07, 6.45) is 1.31. The van der Waals surface area contributed by atoms with Crippen LogP contribution in [-0.2, 0) is 16.1 Å².